The average Bonchev–Trinajstić information content (AvgIpc) is 2.28. The molecule has 0 aliphatic carbocycles. The summed E-state index contributed by atoms with van der Waals surface area (Å²) in [5, 5.41) is 0. The second-order valence-electron chi connectivity index (χ2n) is 4.52. The van der Waals surface area contributed by atoms with Gasteiger partial charge < -0.3 is 10.6 Å². The third-order valence-electron chi connectivity index (χ3n) is 3.21. The molecule has 1 fully saturated rings. The highest BCUT2D eigenvalue weighted by Gasteiger charge is 2.10. The molecule has 0 radical (unpaired) electrons. The first-order chi connectivity index (χ1) is 8.27. The molecular weight excluding hydrogens is 230 g/mol. The van der Waals surface area contributed by atoms with Gasteiger partial charge in [-0.3, -0.25) is 0 Å². The van der Waals surface area contributed by atoms with E-state index in [9.17, 15) is 0 Å². The Balaban J connectivity index is 2.13. The predicted molar refractivity (Wildman–Crippen MR) is 75.4 cm³/mol. The average molecular weight is 249 g/mol. The van der Waals surface area contributed by atoms with Crippen molar-refractivity contribution in [2.45, 2.75) is 32.1 Å². The molecule has 3 nitrogen and oxygen atoms in total. The van der Waals surface area contributed by atoms with Crippen LogP contribution in [0.5, 0.6) is 0 Å². The van der Waals surface area contributed by atoms with Gasteiger partial charge in [-0.25, -0.2) is 4.98 Å². The highest BCUT2D eigenvalue weighted by atomic mass is 32.1. The minimum absolute atomic E-state index is 0.445. The van der Waals surface area contributed by atoms with E-state index in [1.807, 2.05) is 12.1 Å². The third-order valence-corrected chi connectivity index (χ3v) is 3.45. The fourth-order valence-electron chi connectivity index (χ4n) is 2.22. The summed E-state index contributed by atoms with van der Waals surface area (Å²) >= 11 is 5.00. The van der Waals surface area contributed by atoms with Crippen LogP contribution in [-0.4, -0.2) is 23.1 Å². The molecule has 0 spiro atoms. The largest absolute Gasteiger partial charge is 0.389 e. The van der Waals surface area contributed by atoms with E-state index in [1.165, 1.54) is 32.1 Å². The Hall–Kier alpha value is -1.16. The van der Waals surface area contributed by atoms with Crippen LogP contribution in [0.2, 0.25) is 0 Å². The highest BCUT2D eigenvalue weighted by Crippen LogP contribution is 2.18. The van der Waals surface area contributed by atoms with Gasteiger partial charge in [0.25, 0.3) is 0 Å². The maximum absolute atomic E-state index is 5.65. The van der Waals surface area contributed by atoms with Gasteiger partial charge >= 0.3 is 0 Å². The van der Waals surface area contributed by atoms with Gasteiger partial charge in [0.15, 0.2) is 0 Å². The number of hydrogen-bond donors (Lipinski definition) is 1. The zero-order valence-electron chi connectivity index (χ0n) is 10.1. The van der Waals surface area contributed by atoms with E-state index >= 15 is 0 Å². The van der Waals surface area contributed by atoms with Crippen molar-refractivity contribution in [3.05, 3.63) is 23.9 Å². The third kappa shape index (κ3) is 3.40. The predicted octanol–water partition coefficient (Wildman–Crippen LogP) is 2.49. The zero-order valence-corrected chi connectivity index (χ0v) is 10.9. The van der Waals surface area contributed by atoms with Crippen molar-refractivity contribution in [2.75, 3.05) is 18.0 Å². The number of thiocarbonyl (C=S) groups is 1. The van der Waals surface area contributed by atoms with Crippen molar-refractivity contribution in [1.82, 2.24) is 4.98 Å². The van der Waals surface area contributed by atoms with Gasteiger partial charge in [0.2, 0.25) is 0 Å². The van der Waals surface area contributed by atoms with E-state index in [4.69, 9.17) is 18.0 Å². The lowest BCUT2D eigenvalue weighted by Gasteiger charge is -2.26. The minimum Gasteiger partial charge on any atom is -0.389 e. The molecule has 2 heterocycles. The summed E-state index contributed by atoms with van der Waals surface area (Å²) in [5.74, 6) is 1.01. The Morgan fingerprint density at radius 3 is 2.47 bits per heavy atom. The zero-order chi connectivity index (χ0) is 12.1. The number of pyridine rings is 1. The normalized spacial score (nSPS) is 17.3. The summed E-state index contributed by atoms with van der Waals surface area (Å²) in [6.45, 7) is 2.18. The van der Waals surface area contributed by atoms with Crippen LogP contribution in [0.3, 0.4) is 0 Å². The van der Waals surface area contributed by atoms with Crippen molar-refractivity contribution in [3.8, 4) is 0 Å². The molecule has 0 bridgehead atoms. The molecule has 0 atom stereocenters. The Morgan fingerprint density at radius 2 is 1.82 bits per heavy atom. The first kappa shape index (κ1) is 12.3. The van der Waals surface area contributed by atoms with Gasteiger partial charge in [0, 0.05) is 24.8 Å². The van der Waals surface area contributed by atoms with Gasteiger partial charge in [-0.15, -0.1) is 0 Å². The second-order valence-corrected chi connectivity index (χ2v) is 4.96. The fourth-order valence-corrected chi connectivity index (χ4v) is 2.35. The lowest BCUT2D eigenvalue weighted by Crippen LogP contribution is -2.28. The summed E-state index contributed by atoms with van der Waals surface area (Å²) in [5.41, 5.74) is 6.56. The lowest BCUT2D eigenvalue weighted by molar-refractivity contribution is 0.554. The van der Waals surface area contributed by atoms with E-state index in [-0.39, 0.29) is 0 Å². The smallest absolute Gasteiger partial charge is 0.129 e. The molecule has 1 aromatic rings. The lowest BCUT2D eigenvalue weighted by atomic mass is 10.1. The van der Waals surface area contributed by atoms with E-state index < -0.39 is 0 Å². The highest BCUT2D eigenvalue weighted by molar-refractivity contribution is 7.80. The summed E-state index contributed by atoms with van der Waals surface area (Å²) in [6, 6.07) is 3.87. The number of hydrogen-bond acceptors (Lipinski definition) is 3. The molecule has 2 N–H and O–H groups in total. The molecule has 1 saturated heterocycles. The first-order valence-corrected chi connectivity index (χ1v) is 6.69. The van der Waals surface area contributed by atoms with Crippen LogP contribution in [0.15, 0.2) is 18.3 Å². The van der Waals surface area contributed by atoms with Gasteiger partial charge in [0.1, 0.15) is 10.8 Å². The molecule has 1 aliphatic rings. The number of aromatic nitrogens is 1. The van der Waals surface area contributed by atoms with Crippen LogP contribution in [0.1, 0.15) is 37.7 Å². The quantitative estimate of drug-likeness (QED) is 0.818. The molecule has 0 saturated carbocycles. The van der Waals surface area contributed by atoms with E-state index in [2.05, 4.69) is 9.88 Å². The van der Waals surface area contributed by atoms with E-state index in [0.29, 0.717) is 4.99 Å². The Labute approximate surface area is 108 Å². The van der Waals surface area contributed by atoms with Crippen LogP contribution < -0.4 is 10.6 Å². The number of nitrogens with two attached hydrogens (primary N) is 1. The monoisotopic (exact) mass is 249 g/mol. The first-order valence-electron chi connectivity index (χ1n) is 6.28. The molecule has 0 unspecified atom stereocenters. The van der Waals surface area contributed by atoms with Crippen molar-refractivity contribution in [3.63, 3.8) is 0 Å². The standard InChI is InChI=1S/C13H19N3S/c14-13(17)11-6-7-15-12(10-11)16-8-4-2-1-3-5-9-16/h6-7,10H,1-5,8-9H2,(H2,14,17). The molecule has 2 rings (SSSR count). The summed E-state index contributed by atoms with van der Waals surface area (Å²) in [6.07, 6.45) is 8.31. The molecule has 0 aromatic carbocycles. The topological polar surface area (TPSA) is 42.1 Å². The second kappa shape index (κ2) is 5.96. The Morgan fingerprint density at radius 1 is 1.18 bits per heavy atom. The van der Waals surface area contributed by atoms with E-state index in [1.54, 1.807) is 6.20 Å². The molecule has 92 valence electrons. The molecule has 0 amide bonds. The Kier molecular flexibility index (Phi) is 4.31. The molecule has 4 heteroatoms. The maximum atomic E-state index is 5.65. The van der Waals surface area contributed by atoms with Crippen molar-refractivity contribution in [1.29, 1.82) is 0 Å². The van der Waals surface area contributed by atoms with Crippen molar-refractivity contribution < 1.29 is 0 Å². The van der Waals surface area contributed by atoms with Gasteiger partial charge in [-0.05, 0) is 25.0 Å². The minimum atomic E-state index is 0.445. The van der Waals surface area contributed by atoms with Crippen LogP contribution >= 0.6 is 12.2 Å². The molecular formula is C13H19N3S. The van der Waals surface area contributed by atoms with E-state index in [0.717, 1.165) is 24.5 Å². The fraction of sp³-hybridized carbons (Fsp3) is 0.538. The van der Waals surface area contributed by atoms with Gasteiger partial charge in [-0.2, -0.15) is 0 Å². The summed E-state index contributed by atoms with van der Waals surface area (Å²) in [4.78, 5) is 7.22. The number of rotatable bonds is 2. The van der Waals surface area contributed by atoms with Crippen LogP contribution in [0, 0.1) is 0 Å². The van der Waals surface area contributed by atoms with Crippen molar-refractivity contribution >= 4 is 23.0 Å². The Bertz CT molecular complexity index is 384. The molecule has 17 heavy (non-hydrogen) atoms. The molecule has 1 aromatic heterocycles. The van der Waals surface area contributed by atoms with Gasteiger partial charge in [0.05, 0.1) is 0 Å². The number of nitrogens with zero attached hydrogens (tertiary/aromatic N) is 2. The maximum Gasteiger partial charge on any atom is 0.129 e. The SMILES string of the molecule is NC(=S)c1ccnc(N2CCCCCCC2)c1. The van der Waals surface area contributed by atoms with Crippen LogP contribution in [-0.2, 0) is 0 Å². The van der Waals surface area contributed by atoms with Crippen LogP contribution in [0.4, 0.5) is 5.82 Å². The summed E-state index contributed by atoms with van der Waals surface area (Å²) < 4.78 is 0. The molecule has 1 aliphatic heterocycles. The van der Waals surface area contributed by atoms with Crippen molar-refractivity contribution in [2.24, 2.45) is 5.73 Å². The van der Waals surface area contributed by atoms with Crippen LogP contribution in [0.25, 0.3) is 0 Å². The van der Waals surface area contributed by atoms with Gasteiger partial charge in [-0.1, -0.05) is 31.5 Å². The summed E-state index contributed by atoms with van der Waals surface area (Å²) in [7, 11) is 0. The number of anilines is 1.